The number of hydrogen-bond donors (Lipinski definition) is 1. The van der Waals surface area contributed by atoms with Crippen molar-refractivity contribution in [3.63, 3.8) is 0 Å². The molecule has 20 heavy (non-hydrogen) atoms. The van der Waals surface area contributed by atoms with Crippen LogP contribution in [0.4, 0.5) is 4.79 Å². The van der Waals surface area contributed by atoms with Crippen molar-refractivity contribution < 1.29 is 4.79 Å². The van der Waals surface area contributed by atoms with Crippen LogP contribution in [0.2, 0.25) is 0 Å². The standard InChI is InChI=1S/C15H25N3OS/c1-10(2)9-16-15(19)18-7-5-13(6-8-18)14-17-11(3)12(4)20-14/h10,13H,5-9H2,1-4H3,(H,16,19). The van der Waals surface area contributed by atoms with Crippen LogP contribution in [0.15, 0.2) is 0 Å². The summed E-state index contributed by atoms with van der Waals surface area (Å²) in [6.07, 6.45) is 2.06. The zero-order chi connectivity index (χ0) is 14.7. The van der Waals surface area contributed by atoms with E-state index in [1.807, 2.05) is 16.2 Å². The van der Waals surface area contributed by atoms with Gasteiger partial charge in [-0.1, -0.05) is 13.8 Å². The van der Waals surface area contributed by atoms with Gasteiger partial charge in [0.05, 0.1) is 10.7 Å². The van der Waals surface area contributed by atoms with E-state index in [-0.39, 0.29) is 6.03 Å². The largest absolute Gasteiger partial charge is 0.338 e. The molecule has 112 valence electrons. The molecule has 1 fully saturated rings. The van der Waals surface area contributed by atoms with Gasteiger partial charge in [-0.3, -0.25) is 0 Å². The van der Waals surface area contributed by atoms with E-state index in [1.165, 1.54) is 9.88 Å². The fourth-order valence-electron chi connectivity index (χ4n) is 2.40. The molecule has 0 aromatic carbocycles. The maximum atomic E-state index is 12.0. The summed E-state index contributed by atoms with van der Waals surface area (Å²) in [5, 5.41) is 4.25. The van der Waals surface area contributed by atoms with Crippen LogP contribution >= 0.6 is 11.3 Å². The number of amides is 2. The highest BCUT2D eigenvalue weighted by Crippen LogP contribution is 2.32. The van der Waals surface area contributed by atoms with Gasteiger partial charge in [0.25, 0.3) is 0 Å². The van der Waals surface area contributed by atoms with Crippen molar-refractivity contribution in [3.05, 3.63) is 15.6 Å². The van der Waals surface area contributed by atoms with E-state index in [9.17, 15) is 4.79 Å². The van der Waals surface area contributed by atoms with Gasteiger partial charge in [0.15, 0.2) is 0 Å². The Morgan fingerprint density at radius 3 is 2.55 bits per heavy atom. The molecule has 1 aliphatic rings. The second-order valence-corrected chi connectivity index (χ2v) is 7.27. The van der Waals surface area contributed by atoms with E-state index in [1.54, 1.807) is 0 Å². The Hall–Kier alpha value is -1.10. The minimum atomic E-state index is 0.0867. The topological polar surface area (TPSA) is 45.2 Å². The monoisotopic (exact) mass is 295 g/mol. The molecular weight excluding hydrogens is 270 g/mol. The molecule has 4 nitrogen and oxygen atoms in total. The van der Waals surface area contributed by atoms with Crippen molar-refractivity contribution >= 4 is 17.4 Å². The predicted octanol–water partition coefficient (Wildman–Crippen LogP) is 3.30. The molecule has 1 aliphatic heterocycles. The van der Waals surface area contributed by atoms with Crippen molar-refractivity contribution in [2.75, 3.05) is 19.6 Å². The molecule has 0 bridgehead atoms. The molecule has 0 unspecified atom stereocenters. The Bertz CT molecular complexity index is 442. The normalized spacial score (nSPS) is 16.8. The molecule has 2 amide bonds. The summed E-state index contributed by atoms with van der Waals surface area (Å²) in [6, 6.07) is 0.0867. The van der Waals surface area contributed by atoms with Gasteiger partial charge in [0.1, 0.15) is 0 Å². The van der Waals surface area contributed by atoms with Gasteiger partial charge in [-0.25, -0.2) is 9.78 Å². The highest BCUT2D eigenvalue weighted by Gasteiger charge is 2.25. The summed E-state index contributed by atoms with van der Waals surface area (Å²) < 4.78 is 0. The number of rotatable bonds is 3. The average Bonchev–Trinajstić information content (AvgIpc) is 2.76. The average molecular weight is 295 g/mol. The van der Waals surface area contributed by atoms with Gasteiger partial charge in [-0.05, 0) is 32.6 Å². The number of nitrogens with one attached hydrogen (secondary N) is 1. The molecule has 1 aromatic rings. The molecule has 0 atom stereocenters. The number of hydrogen-bond acceptors (Lipinski definition) is 3. The molecule has 2 heterocycles. The van der Waals surface area contributed by atoms with E-state index < -0.39 is 0 Å². The Balaban J connectivity index is 1.84. The number of aromatic nitrogens is 1. The van der Waals surface area contributed by atoms with Crippen molar-refractivity contribution in [1.82, 2.24) is 15.2 Å². The lowest BCUT2D eigenvalue weighted by molar-refractivity contribution is 0.180. The first-order valence-corrected chi connectivity index (χ1v) is 8.25. The third-order valence-electron chi connectivity index (χ3n) is 3.84. The second kappa shape index (κ2) is 6.57. The molecule has 0 aliphatic carbocycles. The number of nitrogens with zero attached hydrogens (tertiary/aromatic N) is 2. The fraction of sp³-hybridized carbons (Fsp3) is 0.733. The van der Waals surface area contributed by atoms with Crippen molar-refractivity contribution in [2.45, 2.75) is 46.5 Å². The lowest BCUT2D eigenvalue weighted by atomic mass is 9.98. The smallest absolute Gasteiger partial charge is 0.317 e. The summed E-state index contributed by atoms with van der Waals surface area (Å²) in [4.78, 5) is 19.9. The van der Waals surface area contributed by atoms with E-state index in [2.05, 4.69) is 38.0 Å². The fourth-order valence-corrected chi connectivity index (χ4v) is 3.50. The van der Waals surface area contributed by atoms with Gasteiger partial charge >= 0.3 is 6.03 Å². The first-order valence-electron chi connectivity index (χ1n) is 7.44. The molecule has 1 aromatic heterocycles. The maximum Gasteiger partial charge on any atom is 0.317 e. The van der Waals surface area contributed by atoms with Crippen molar-refractivity contribution in [2.24, 2.45) is 5.92 Å². The lowest BCUT2D eigenvalue weighted by Crippen LogP contribution is -2.45. The third-order valence-corrected chi connectivity index (χ3v) is 5.07. The van der Waals surface area contributed by atoms with Crippen LogP contribution in [0.1, 0.15) is 48.2 Å². The van der Waals surface area contributed by atoms with E-state index in [0.717, 1.165) is 38.2 Å². The number of likely N-dealkylation sites (tertiary alicyclic amines) is 1. The number of aryl methyl sites for hydroxylation is 2. The summed E-state index contributed by atoms with van der Waals surface area (Å²) in [7, 11) is 0. The summed E-state index contributed by atoms with van der Waals surface area (Å²) in [5.74, 6) is 1.03. The number of carbonyl (C=O) groups is 1. The first-order chi connectivity index (χ1) is 9.47. The summed E-state index contributed by atoms with van der Waals surface area (Å²) >= 11 is 1.81. The van der Waals surface area contributed by atoms with Gasteiger partial charge in [-0.15, -0.1) is 11.3 Å². The highest BCUT2D eigenvalue weighted by atomic mass is 32.1. The minimum Gasteiger partial charge on any atom is -0.338 e. The molecule has 5 heteroatoms. The van der Waals surface area contributed by atoms with Gasteiger partial charge < -0.3 is 10.2 Å². The van der Waals surface area contributed by atoms with Crippen LogP contribution in [0.25, 0.3) is 0 Å². The molecule has 1 saturated heterocycles. The molecular formula is C15H25N3OS. The predicted molar refractivity (Wildman–Crippen MR) is 83.4 cm³/mol. The van der Waals surface area contributed by atoms with E-state index in [0.29, 0.717) is 11.8 Å². The SMILES string of the molecule is Cc1nc(C2CCN(C(=O)NCC(C)C)CC2)sc1C. The minimum absolute atomic E-state index is 0.0867. The van der Waals surface area contributed by atoms with Crippen molar-refractivity contribution in [1.29, 1.82) is 0 Å². The zero-order valence-corrected chi connectivity index (χ0v) is 13.7. The quantitative estimate of drug-likeness (QED) is 0.930. The Morgan fingerprint density at radius 1 is 1.40 bits per heavy atom. The molecule has 0 spiro atoms. The lowest BCUT2D eigenvalue weighted by Gasteiger charge is -2.31. The van der Waals surface area contributed by atoms with Crippen LogP contribution in [-0.2, 0) is 0 Å². The van der Waals surface area contributed by atoms with Crippen LogP contribution in [0.3, 0.4) is 0 Å². The molecule has 1 N–H and O–H groups in total. The zero-order valence-electron chi connectivity index (χ0n) is 12.9. The summed E-state index contributed by atoms with van der Waals surface area (Å²) in [5.41, 5.74) is 1.15. The van der Waals surface area contributed by atoms with Crippen LogP contribution in [0, 0.1) is 19.8 Å². The number of urea groups is 1. The Kier molecular flexibility index (Phi) is 5.02. The van der Waals surface area contributed by atoms with Gasteiger partial charge in [0.2, 0.25) is 0 Å². The van der Waals surface area contributed by atoms with E-state index in [4.69, 9.17) is 0 Å². The third kappa shape index (κ3) is 3.72. The first kappa shape index (κ1) is 15.3. The van der Waals surface area contributed by atoms with Crippen LogP contribution < -0.4 is 5.32 Å². The molecule has 0 saturated carbocycles. The van der Waals surface area contributed by atoms with Crippen LogP contribution in [0.5, 0.6) is 0 Å². The number of carbonyl (C=O) groups excluding carboxylic acids is 1. The van der Waals surface area contributed by atoms with Gasteiger partial charge in [-0.2, -0.15) is 0 Å². The van der Waals surface area contributed by atoms with Gasteiger partial charge in [0, 0.05) is 30.4 Å². The van der Waals surface area contributed by atoms with E-state index >= 15 is 0 Å². The molecule has 2 rings (SSSR count). The number of piperidine rings is 1. The van der Waals surface area contributed by atoms with Crippen LogP contribution in [-0.4, -0.2) is 35.5 Å². The summed E-state index contributed by atoms with van der Waals surface area (Å²) in [6.45, 7) is 10.9. The Morgan fingerprint density at radius 2 is 2.05 bits per heavy atom. The molecule has 0 radical (unpaired) electrons. The maximum absolute atomic E-state index is 12.0. The number of thiazole rings is 1. The van der Waals surface area contributed by atoms with Crippen molar-refractivity contribution in [3.8, 4) is 0 Å². The Labute approximate surface area is 125 Å². The highest BCUT2D eigenvalue weighted by molar-refractivity contribution is 7.11. The second-order valence-electron chi connectivity index (χ2n) is 6.03.